The smallest absolute Gasteiger partial charge is 0.383 e. The molecule has 1 atom stereocenters. The Morgan fingerprint density at radius 2 is 2.26 bits per heavy atom. The highest BCUT2D eigenvalue weighted by molar-refractivity contribution is 5.93. The fraction of sp³-hybridized carbons (Fsp3) is 0.600. The number of likely N-dealkylation sites (tertiary alicyclic amines) is 1. The van der Waals surface area contributed by atoms with Crippen molar-refractivity contribution in [2.75, 3.05) is 39.9 Å². The van der Waals surface area contributed by atoms with Gasteiger partial charge in [0, 0.05) is 32.9 Å². The molecular weight excluding hydrogens is 311 g/mol. The third kappa shape index (κ3) is 5.18. The first-order chi connectivity index (χ1) is 10.9. The number of rotatable bonds is 6. The van der Waals surface area contributed by atoms with E-state index in [1.807, 2.05) is 0 Å². The van der Waals surface area contributed by atoms with Gasteiger partial charge < -0.3 is 15.0 Å². The van der Waals surface area contributed by atoms with Crippen LogP contribution in [-0.2, 0) is 10.9 Å². The first-order valence-electron chi connectivity index (χ1n) is 7.43. The van der Waals surface area contributed by atoms with Crippen LogP contribution in [0.1, 0.15) is 22.5 Å². The molecule has 23 heavy (non-hydrogen) atoms. The summed E-state index contributed by atoms with van der Waals surface area (Å²) in [5.74, 6) is -0.0558. The number of carbonyl (C=O) groups is 1. The Morgan fingerprint density at radius 1 is 1.48 bits per heavy atom. The van der Waals surface area contributed by atoms with Crippen LogP contribution in [0.5, 0.6) is 0 Å². The van der Waals surface area contributed by atoms with Crippen LogP contribution in [0.4, 0.5) is 13.2 Å². The van der Waals surface area contributed by atoms with Crippen LogP contribution < -0.4 is 5.32 Å². The second-order valence-corrected chi connectivity index (χ2v) is 5.59. The van der Waals surface area contributed by atoms with Crippen LogP contribution in [-0.4, -0.2) is 55.7 Å². The third-order valence-electron chi connectivity index (χ3n) is 3.85. The predicted molar refractivity (Wildman–Crippen MR) is 78.0 cm³/mol. The maximum atomic E-state index is 12.4. The van der Waals surface area contributed by atoms with Gasteiger partial charge in [0.2, 0.25) is 0 Å². The molecule has 1 fully saturated rings. The summed E-state index contributed by atoms with van der Waals surface area (Å²) < 4.78 is 42.3. The van der Waals surface area contributed by atoms with Crippen molar-refractivity contribution >= 4 is 5.91 Å². The van der Waals surface area contributed by atoms with Crippen LogP contribution in [0.2, 0.25) is 0 Å². The van der Waals surface area contributed by atoms with Crippen LogP contribution in [0, 0.1) is 5.92 Å². The van der Waals surface area contributed by atoms with Gasteiger partial charge in [-0.25, -0.2) is 0 Å². The summed E-state index contributed by atoms with van der Waals surface area (Å²) in [6.07, 6.45) is -2.56. The van der Waals surface area contributed by atoms with Gasteiger partial charge in [-0.2, -0.15) is 13.2 Å². The summed E-state index contributed by atoms with van der Waals surface area (Å²) in [7, 11) is 1.66. The molecule has 5 nitrogen and oxygen atoms in total. The van der Waals surface area contributed by atoms with E-state index in [2.05, 4.69) is 15.2 Å². The van der Waals surface area contributed by atoms with Gasteiger partial charge in [-0.15, -0.1) is 0 Å². The zero-order chi connectivity index (χ0) is 16.9. The molecule has 0 aromatic carbocycles. The minimum absolute atomic E-state index is 0.132. The molecule has 2 heterocycles. The van der Waals surface area contributed by atoms with Crippen molar-refractivity contribution in [3.05, 3.63) is 29.6 Å². The quantitative estimate of drug-likeness (QED) is 0.864. The minimum Gasteiger partial charge on any atom is -0.383 e. The van der Waals surface area contributed by atoms with Gasteiger partial charge in [0.1, 0.15) is 5.69 Å². The van der Waals surface area contributed by atoms with Gasteiger partial charge in [-0.3, -0.25) is 9.78 Å². The maximum Gasteiger partial charge on any atom is 0.433 e. The topological polar surface area (TPSA) is 54.5 Å². The predicted octanol–water partition coefficient (Wildman–Crippen LogP) is 1.80. The molecule has 1 saturated heterocycles. The first-order valence-corrected chi connectivity index (χ1v) is 7.43. The Kier molecular flexibility index (Phi) is 5.95. The van der Waals surface area contributed by atoms with Crippen molar-refractivity contribution < 1.29 is 22.7 Å². The molecule has 0 spiro atoms. The van der Waals surface area contributed by atoms with E-state index < -0.39 is 17.8 Å². The Labute approximate surface area is 132 Å². The Bertz CT molecular complexity index is 520. The summed E-state index contributed by atoms with van der Waals surface area (Å²) in [4.78, 5) is 17.5. The molecule has 1 aromatic heterocycles. The van der Waals surface area contributed by atoms with Crippen molar-refractivity contribution in [2.45, 2.75) is 12.6 Å². The van der Waals surface area contributed by atoms with Crippen LogP contribution in [0.25, 0.3) is 0 Å². The van der Waals surface area contributed by atoms with E-state index in [9.17, 15) is 18.0 Å². The van der Waals surface area contributed by atoms with Crippen molar-refractivity contribution in [1.29, 1.82) is 0 Å². The molecule has 1 unspecified atom stereocenters. The van der Waals surface area contributed by atoms with E-state index in [1.54, 1.807) is 7.11 Å². The number of methoxy groups -OCH3 is 1. The number of aromatic nitrogens is 1. The largest absolute Gasteiger partial charge is 0.433 e. The standard InChI is InChI=1S/C15H20F3N3O2/c1-23-7-6-21-5-4-11(10-21)8-20-14(22)12-2-3-13(19-9-12)15(16,17)18/h2-3,9,11H,4-8,10H2,1H3,(H,20,22). The summed E-state index contributed by atoms with van der Waals surface area (Å²) in [6, 6.07) is 1.96. The maximum absolute atomic E-state index is 12.4. The van der Waals surface area contributed by atoms with Gasteiger partial charge in [-0.05, 0) is 31.0 Å². The van der Waals surface area contributed by atoms with Crippen LogP contribution >= 0.6 is 0 Å². The number of nitrogens with one attached hydrogen (secondary N) is 1. The third-order valence-corrected chi connectivity index (χ3v) is 3.85. The zero-order valence-corrected chi connectivity index (χ0v) is 12.9. The Morgan fingerprint density at radius 3 is 2.87 bits per heavy atom. The van der Waals surface area contributed by atoms with E-state index in [4.69, 9.17) is 4.74 Å². The number of amides is 1. The van der Waals surface area contributed by atoms with E-state index in [0.717, 1.165) is 44.4 Å². The highest BCUT2D eigenvalue weighted by Gasteiger charge is 2.32. The van der Waals surface area contributed by atoms with Crippen molar-refractivity contribution in [3.63, 3.8) is 0 Å². The molecule has 1 N–H and O–H groups in total. The normalized spacial score (nSPS) is 19.0. The lowest BCUT2D eigenvalue weighted by atomic mass is 10.1. The van der Waals surface area contributed by atoms with E-state index in [1.165, 1.54) is 0 Å². The summed E-state index contributed by atoms with van der Waals surface area (Å²) >= 11 is 0. The fourth-order valence-electron chi connectivity index (χ4n) is 2.54. The molecule has 1 aliphatic heterocycles. The van der Waals surface area contributed by atoms with Crippen molar-refractivity contribution in [2.24, 2.45) is 5.92 Å². The monoisotopic (exact) mass is 331 g/mol. The number of nitrogens with zero attached hydrogens (tertiary/aromatic N) is 2. The zero-order valence-electron chi connectivity index (χ0n) is 12.9. The number of hydrogen-bond acceptors (Lipinski definition) is 4. The van der Waals surface area contributed by atoms with E-state index in [-0.39, 0.29) is 5.56 Å². The molecule has 1 aliphatic rings. The molecule has 2 rings (SSSR count). The Balaban J connectivity index is 1.79. The van der Waals surface area contributed by atoms with E-state index >= 15 is 0 Å². The highest BCUT2D eigenvalue weighted by Crippen LogP contribution is 2.27. The summed E-state index contributed by atoms with van der Waals surface area (Å²) in [5.41, 5.74) is -0.870. The van der Waals surface area contributed by atoms with Gasteiger partial charge in [-0.1, -0.05) is 0 Å². The molecule has 128 valence electrons. The van der Waals surface area contributed by atoms with Crippen molar-refractivity contribution in [3.8, 4) is 0 Å². The number of hydrogen-bond donors (Lipinski definition) is 1. The fourth-order valence-corrected chi connectivity index (χ4v) is 2.54. The molecule has 1 aromatic rings. The van der Waals surface area contributed by atoms with Gasteiger partial charge in [0.05, 0.1) is 12.2 Å². The molecule has 0 radical (unpaired) electrons. The average molecular weight is 331 g/mol. The van der Waals surface area contributed by atoms with Crippen molar-refractivity contribution in [1.82, 2.24) is 15.2 Å². The van der Waals surface area contributed by atoms with Gasteiger partial charge >= 0.3 is 6.18 Å². The van der Waals surface area contributed by atoms with Crippen LogP contribution in [0.15, 0.2) is 18.3 Å². The van der Waals surface area contributed by atoms with E-state index in [0.29, 0.717) is 19.1 Å². The molecule has 0 bridgehead atoms. The second kappa shape index (κ2) is 7.74. The number of halogens is 3. The number of pyridine rings is 1. The number of ether oxygens (including phenoxy) is 1. The number of carbonyl (C=O) groups excluding carboxylic acids is 1. The molecule has 0 aliphatic carbocycles. The summed E-state index contributed by atoms with van der Waals surface area (Å²) in [6.45, 7) is 3.89. The molecular formula is C15H20F3N3O2. The molecule has 0 saturated carbocycles. The Hall–Kier alpha value is -1.67. The first kappa shape index (κ1) is 17.7. The number of alkyl halides is 3. The lowest BCUT2D eigenvalue weighted by Gasteiger charge is -2.15. The van der Waals surface area contributed by atoms with Crippen LogP contribution in [0.3, 0.4) is 0 Å². The minimum atomic E-state index is -4.50. The SMILES string of the molecule is COCCN1CCC(CNC(=O)c2ccc(C(F)(F)F)nc2)C1. The lowest BCUT2D eigenvalue weighted by Crippen LogP contribution is -2.31. The molecule has 1 amide bonds. The highest BCUT2D eigenvalue weighted by atomic mass is 19.4. The van der Waals surface area contributed by atoms with Gasteiger partial charge in [0.15, 0.2) is 0 Å². The molecule has 8 heteroatoms. The second-order valence-electron chi connectivity index (χ2n) is 5.59. The average Bonchev–Trinajstić information content (AvgIpc) is 2.98. The summed E-state index contributed by atoms with van der Waals surface area (Å²) in [5, 5.41) is 2.76. The lowest BCUT2D eigenvalue weighted by molar-refractivity contribution is -0.141. The van der Waals surface area contributed by atoms with Gasteiger partial charge in [0.25, 0.3) is 5.91 Å².